The second kappa shape index (κ2) is 27.7. The van der Waals surface area contributed by atoms with Crippen molar-refractivity contribution in [3.8, 4) is 0 Å². The quantitative estimate of drug-likeness (QED) is 0.0537. The van der Waals surface area contributed by atoms with Crippen molar-refractivity contribution in [1.82, 2.24) is 0 Å². The van der Waals surface area contributed by atoms with Crippen LogP contribution < -0.4 is 0 Å². The van der Waals surface area contributed by atoms with Crippen LogP contribution in [0.15, 0.2) is 0 Å². The second-order valence-corrected chi connectivity index (χ2v) is 19.6. The molecule has 0 rings (SSSR count). The number of hydrogen-bond acceptors (Lipinski definition) is 3. The third-order valence-electron chi connectivity index (χ3n) is 5.68. The maximum absolute atomic E-state index is 11.2. The maximum atomic E-state index is 11.2. The zero-order valence-electron chi connectivity index (χ0n) is 21.4. The molecule has 0 aromatic carbocycles. The van der Waals surface area contributed by atoms with Gasteiger partial charge in [0.05, 0.1) is 0 Å². The first-order chi connectivity index (χ1) is 14.5. The van der Waals surface area contributed by atoms with Crippen LogP contribution in [0.3, 0.4) is 0 Å². The Morgan fingerprint density at radius 2 is 1.03 bits per heavy atom. The van der Waals surface area contributed by atoms with Gasteiger partial charge in [0.1, 0.15) is 5.44 Å². The van der Waals surface area contributed by atoms with Crippen molar-refractivity contribution in [3.63, 3.8) is 0 Å². The molecule has 0 spiro atoms. The number of carbonyl (C=O) groups is 1. The zero-order chi connectivity index (χ0) is 22.9. The van der Waals surface area contributed by atoms with Crippen molar-refractivity contribution in [3.05, 3.63) is 0 Å². The van der Waals surface area contributed by atoms with Gasteiger partial charge in [0.2, 0.25) is 0 Å². The number of hydrogen-bond donors (Lipinski definition) is 1. The van der Waals surface area contributed by atoms with E-state index in [0.717, 1.165) is 12.8 Å². The molecule has 0 N–H and O–H groups in total. The van der Waals surface area contributed by atoms with Gasteiger partial charge in [-0.25, -0.2) is 0 Å². The molecule has 0 aromatic heterocycles. The molecule has 0 bridgehead atoms. The summed E-state index contributed by atoms with van der Waals surface area (Å²) in [5.41, 5.74) is -0.277. The molecule has 4 heteroatoms. The molecule has 0 saturated carbocycles. The third-order valence-corrected chi connectivity index (χ3v) is 16.3. The predicted octanol–water partition coefficient (Wildman–Crippen LogP) is 9.34. The minimum atomic E-state index is -0.967. The molecule has 0 heterocycles. The molecular formula is C26H56O2SSn. The molecule has 1 unspecified atom stereocenters. The van der Waals surface area contributed by atoms with Gasteiger partial charge < -0.3 is 4.74 Å². The molecule has 2 nitrogen and oxygen atoms in total. The average Bonchev–Trinajstić information content (AvgIpc) is 2.72. The number of thiol groups is 1. The Labute approximate surface area is 203 Å². The van der Waals surface area contributed by atoms with Crippen LogP contribution in [0.25, 0.3) is 0 Å². The van der Waals surface area contributed by atoms with Gasteiger partial charge in [-0.3, -0.25) is 4.79 Å². The summed E-state index contributed by atoms with van der Waals surface area (Å²) in [4.78, 5) is 11.2. The first-order valence-electron chi connectivity index (χ1n) is 13.4. The molecular weight excluding hydrogens is 495 g/mol. The van der Waals surface area contributed by atoms with Crippen molar-refractivity contribution < 1.29 is 9.53 Å². The second-order valence-electron chi connectivity index (χ2n) is 8.96. The van der Waals surface area contributed by atoms with Gasteiger partial charge in [-0.1, -0.05) is 58.3 Å². The van der Waals surface area contributed by atoms with E-state index in [2.05, 4.69) is 40.3 Å². The predicted molar refractivity (Wildman–Crippen MR) is 143 cm³/mol. The SMILES string of the molecule is CCCCCCCCCCCC(=O)OC(C)S.CCC[CH2][SnH]([CH2]CCC)[CH2]CCC. The molecule has 0 fully saturated rings. The first kappa shape index (κ1) is 32.8. The van der Waals surface area contributed by atoms with Crippen LogP contribution >= 0.6 is 12.6 Å². The Morgan fingerprint density at radius 1 is 0.667 bits per heavy atom. The van der Waals surface area contributed by atoms with Crippen molar-refractivity contribution in [1.29, 1.82) is 0 Å². The van der Waals surface area contributed by atoms with Crippen LogP contribution in [0.5, 0.6) is 0 Å². The molecule has 0 saturated heterocycles. The van der Waals surface area contributed by atoms with Gasteiger partial charge in [0, 0.05) is 6.42 Å². The summed E-state index contributed by atoms with van der Waals surface area (Å²) in [7, 11) is 0. The van der Waals surface area contributed by atoms with Gasteiger partial charge in [-0.05, 0) is 13.3 Å². The van der Waals surface area contributed by atoms with Gasteiger partial charge in [0.25, 0.3) is 0 Å². The van der Waals surface area contributed by atoms with Crippen molar-refractivity contribution in [2.24, 2.45) is 0 Å². The Bertz CT molecular complexity index is 318. The zero-order valence-corrected chi connectivity index (χ0v) is 25.5. The number of ether oxygens (including phenoxy) is 1. The Hall–Kier alpha value is 0.619. The molecule has 1 atom stereocenters. The van der Waals surface area contributed by atoms with Gasteiger partial charge in [-0.15, -0.1) is 12.6 Å². The normalized spacial score (nSPS) is 11.8. The molecule has 0 radical (unpaired) electrons. The molecule has 0 aliphatic rings. The van der Waals surface area contributed by atoms with Crippen LogP contribution in [0, 0.1) is 0 Å². The standard InChI is InChI=1S/C14H28O2S.3C4H9.Sn.H/c1-3-4-5-6-7-8-9-10-11-12-14(15)16-13(2)17;3*1-3-4-2;;/h13,17H,3-12H2,1-2H3;3*1,3-4H2,2H3;;. The Kier molecular flexibility index (Phi) is 30.2. The van der Waals surface area contributed by atoms with Crippen molar-refractivity contribution >= 4 is 38.4 Å². The molecule has 0 aliphatic heterocycles. The van der Waals surface area contributed by atoms with Crippen LogP contribution in [0.1, 0.15) is 137 Å². The van der Waals surface area contributed by atoms with Gasteiger partial charge in [-0.2, -0.15) is 0 Å². The Morgan fingerprint density at radius 3 is 1.40 bits per heavy atom. The summed E-state index contributed by atoms with van der Waals surface area (Å²) in [5, 5.41) is 0. The number of rotatable bonds is 20. The summed E-state index contributed by atoms with van der Waals surface area (Å²) in [6, 6.07) is 0. The van der Waals surface area contributed by atoms with Crippen LogP contribution in [-0.4, -0.2) is 31.2 Å². The van der Waals surface area contributed by atoms with E-state index in [-0.39, 0.29) is 11.4 Å². The summed E-state index contributed by atoms with van der Waals surface area (Å²) in [6.45, 7) is 11.0. The van der Waals surface area contributed by atoms with Crippen molar-refractivity contribution in [2.75, 3.05) is 0 Å². The summed E-state index contributed by atoms with van der Waals surface area (Å²) in [5.74, 6) is -0.115. The van der Waals surface area contributed by atoms with E-state index in [1.54, 1.807) is 20.2 Å². The number of carbonyl (C=O) groups excluding carboxylic acids is 1. The fourth-order valence-corrected chi connectivity index (χ4v) is 14.8. The number of esters is 1. The summed E-state index contributed by atoms with van der Waals surface area (Å²) < 4.78 is 10.0. The monoisotopic (exact) mass is 552 g/mol. The van der Waals surface area contributed by atoms with E-state index in [4.69, 9.17) is 4.74 Å². The summed E-state index contributed by atoms with van der Waals surface area (Å²) in [6.07, 6.45) is 20.8. The summed E-state index contributed by atoms with van der Waals surface area (Å²) >= 11 is 3.05. The fourth-order valence-electron chi connectivity index (χ4n) is 3.74. The Balaban J connectivity index is 0. The third kappa shape index (κ3) is 28.6. The van der Waals surface area contributed by atoms with Crippen molar-refractivity contribution in [2.45, 2.75) is 156 Å². The molecule has 0 aliphatic carbocycles. The topological polar surface area (TPSA) is 26.3 Å². The van der Waals surface area contributed by atoms with Crippen LogP contribution in [-0.2, 0) is 9.53 Å². The van der Waals surface area contributed by atoms with E-state index >= 15 is 0 Å². The van der Waals surface area contributed by atoms with Crippen LogP contribution in [0.2, 0.25) is 13.3 Å². The number of unbranched alkanes of at least 4 members (excludes halogenated alkanes) is 11. The van der Waals surface area contributed by atoms with E-state index in [1.807, 2.05) is 0 Å². The van der Waals surface area contributed by atoms with E-state index < -0.39 is 19.8 Å². The first-order valence-corrected chi connectivity index (χ1v) is 20.9. The average molecular weight is 552 g/mol. The minimum absolute atomic E-state index is 0.115. The van der Waals surface area contributed by atoms with E-state index in [1.165, 1.54) is 83.5 Å². The molecule has 0 amide bonds. The van der Waals surface area contributed by atoms with Gasteiger partial charge >= 0.3 is 98.3 Å². The fraction of sp³-hybridized carbons (Fsp3) is 0.962. The molecule has 0 aromatic rings. The van der Waals surface area contributed by atoms with E-state index in [9.17, 15) is 4.79 Å². The molecule has 182 valence electrons. The van der Waals surface area contributed by atoms with Gasteiger partial charge in [0.15, 0.2) is 0 Å². The van der Waals surface area contributed by atoms with Crippen LogP contribution in [0.4, 0.5) is 0 Å². The van der Waals surface area contributed by atoms with E-state index in [0.29, 0.717) is 6.42 Å². The molecule has 30 heavy (non-hydrogen) atoms.